The average molecular weight is 222 g/mol. The maximum absolute atomic E-state index is 12.1. The number of ketones is 1. The van der Waals surface area contributed by atoms with E-state index in [0.717, 1.165) is 17.7 Å². The Balaban J connectivity index is 1.98. The third kappa shape index (κ3) is 2.91. The standard InChI is InChI=1S/C13H18OS/c14-13(12-9-6-10-15-12)11-7-4-2-1-3-5-8-11/h6,9-11H,1-5,7-8H2. The van der Waals surface area contributed by atoms with Crippen molar-refractivity contribution in [3.8, 4) is 0 Å². The van der Waals surface area contributed by atoms with E-state index in [9.17, 15) is 4.79 Å². The van der Waals surface area contributed by atoms with Crippen molar-refractivity contribution in [3.63, 3.8) is 0 Å². The van der Waals surface area contributed by atoms with Gasteiger partial charge in [-0.3, -0.25) is 4.79 Å². The van der Waals surface area contributed by atoms with Crippen LogP contribution in [0.4, 0.5) is 0 Å². The van der Waals surface area contributed by atoms with Crippen molar-refractivity contribution in [2.45, 2.75) is 44.9 Å². The molecule has 0 radical (unpaired) electrons. The van der Waals surface area contributed by atoms with E-state index in [1.807, 2.05) is 17.5 Å². The Labute approximate surface area is 95.5 Å². The summed E-state index contributed by atoms with van der Waals surface area (Å²) in [5.74, 6) is 0.704. The Bertz CT molecular complexity index is 294. The topological polar surface area (TPSA) is 17.1 Å². The molecule has 2 heteroatoms. The van der Waals surface area contributed by atoms with Crippen LogP contribution in [0.2, 0.25) is 0 Å². The van der Waals surface area contributed by atoms with Gasteiger partial charge in [-0.25, -0.2) is 0 Å². The van der Waals surface area contributed by atoms with Gasteiger partial charge >= 0.3 is 0 Å². The molecule has 1 aromatic heterocycles. The van der Waals surface area contributed by atoms with Gasteiger partial charge in [-0.1, -0.05) is 38.2 Å². The van der Waals surface area contributed by atoms with Gasteiger partial charge in [0.25, 0.3) is 0 Å². The van der Waals surface area contributed by atoms with Gasteiger partial charge < -0.3 is 0 Å². The molecule has 1 aliphatic rings. The molecule has 1 fully saturated rings. The molecule has 1 nitrogen and oxygen atoms in total. The summed E-state index contributed by atoms with van der Waals surface area (Å²) in [7, 11) is 0. The highest BCUT2D eigenvalue weighted by molar-refractivity contribution is 7.12. The van der Waals surface area contributed by atoms with Crippen molar-refractivity contribution in [2.75, 3.05) is 0 Å². The maximum Gasteiger partial charge on any atom is 0.175 e. The van der Waals surface area contributed by atoms with Gasteiger partial charge in [0.15, 0.2) is 5.78 Å². The van der Waals surface area contributed by atoms with E-state index in [0.29, 0.717) is 11.7 Å². The van der Waals surface area contributed by atoms with Crippen LogP contribution >= 0.6 is 11.3 Å². The van der Waals surface area contributed by atoms with E-state index in [-0.39, 0.29) is 0 Å². The van der Waals surface area contributed by atoms with Gasteiger partial charge in [-0.2, -0.15) is 0 Å². The smallest absolute Gasteiger partial charge is 0.175 e. The summed E-state index contributed by atoms with van der Waals surface area (Å²) in [4.78, 5) is 13.1. The molecule has 0 atom stereocenters. The SMILES string of the molecule is O=C(c1cccs1)C1CCCCCCC1. The quantitative estimate of drug-likeness (QED) is 0.682. The number of hydrogen-bond acceptors (Lipinski definition) is 2. The minimum absolute atomic E-state index is 0.309. The highest BCUT2D eigenvalue weighted by Gasteiger charge is 2.21. The number of thiophene rings is 1. The highest BCUT2D eigenvalue weighted by Crippen LogP contribution is 2.26. The van der Waals surface area contributed by atoms with Crippen molar-refractivity contribution < 1.29 is 4.79 Å². The lowest BCUT2D eigenvalue weighted by molar-refractivity contribution is 0.0902. The van der Waals surface area contributed by atoms with Crippen LogP contribution in [0.25, 0.3) is 0 Å². The zero-order chi connectivity index (χ0) is 10.5. The predicted molar refractivity (Wildman–Crippen MR) is 64.5 cm³/mol. The second-order valence-corrected chi connectivity index (χ2v) is 5.33. The minimum Gasteiger partial charge on any atom is -0.293 e. The minimum atomic E-state index is 0.309. The number of carbonyl (C=O) groups excluding carboxylic acids is 1. The van der Waals surface area contributed by atoms with Gasteiger partial charge in [0.05, 0.1) is 4.88 Å². The fourth-order valence-electron chi connectivity index (χ4n) is 2.34. The first-order valence-electron chi connectivity index (χ1n) is 5.95. The summed E-state index contributed by atoms with van der Waals surface area (Å²) >= 11 is 1.59. The lowest BCUT2D eigenvalue weighted by atomic mass is 9.88. The number of carbonyl (C=O) groups is 1. The summed E-state index contributed by atoms with van der Waals surface area (Å²) in [6, 6.07) is 3.94. The predicted octanol–water partition coefficient (Wildman–Crippen LogP) is 4.29. The zero-order valence-electron chi connectivity index (χ0n) is 9.08. The second-order valence-electron chi connectivity index (χ2n) is 4.38. The van der Waals surface area contributed by atoms with Crippen LogP contribution in [0.5, 0.6) is 0 Å². The molecule has 0 N–H and O–H groups in total. The summed E-state index contributed by atoms with van der Waals surface area (Å²) < 4.78 is 0. The van der Waals surface area contributed by atoms with Crippen molar-refractivity contribution in [2.24, 2.45) is 5.92 Å². The van der Waals surface area contributed by atoms with Gasteiger partial charge in [0.2, 0.25) is 0 Å². The fourth-order valence-corrected chi connectivity index (χ4v) is 3.08. The molecule has 82 valence electrons. The molecule has 0 unspecified atom stereocenters. The molecular weight excluding hydrogens is 204 g/mol. The molecule has 0 saturated heterocycles. The average Bonchev–Trinajstić information content (AvgIpc) is 2.68. The van der Waals surface area contributed by atoms with Crippen molar-refractivity contribution >= 4 is 17.1 Å². The van der Waals surface area contributed by atoms with E-state index >= 15 is 0 Å². The Morgan fingerprint density at radius 3 is 2.40 bits per heavy atom. The van der Waals surface area contributed by atoms with E-state index in [1.54, 1.807) is 11.3 Å². The molecule has 1 heterocycles. The first-order chi connectivity index (χ1) is 7.38. The van der Waals surface area contributed by atoms with Crippen molar-refractivity contribution in [1.29, 1.82) is 0 Å². The van der Waals surface area contributed by atoms with Crippen molar-refractivity contribution in [3.05, 3.63) is 22.4 Å². The molecule has 0 aliphatic heterocycles. The first kappa shape index (κ1) is 10.9. The van der Waals surface area contributed by atoms with Crippen LogP contribution in [-0.4, -0.2) is 5.78 Å². The van der Waals surface area contributed by atoms with Gasteiger partial charge in [0.1, 0.15) is 0 Å². The number of rotatable bonds is 2. The van der Waals surface area contributed by atoms with Gasteiger partial charge in [0, 0.05) is 5.92 Å². The lowest BCUT2D eigenvalue weighted by Gasteiger charge is -2.17. The molecule has 0 amide bonds. The van der Waals surface area contributed by atoms with E-state index < -0.39 is 0 Å². The van der Waals surface area contributed by atoms with Crippen LogP contribution < -0.4 is 0 Å². The van der Waals surface area contributed by atoms with Crippen LogP contribution in [0, 0.1) is 5.92 Å². The van der Waals surface area contributed by atoms with Gasteiger partial charge in [-0.15, -0.1) is 11.3 Å². The molecule has 1 aromatic rings. The second kappa shape index (κ2) is 5.45. The maximum atomic E-state index is 12.1. The Morgan fingerprint density at radius 1 is 1.13 bits per heavy atom. The molecule has 1 aliphatic carbocycles. The van der Waals surface area contributed by atoms with Crippen LogP contribution in [0.15, 0.2) is 17.5 Å². The largest absolute Gasteiger partial charge is 0.293 e. The Kier molecular flexibility index (Phi) is 3.95. The molecular formula is C13H18OS. The monoisotopic (exact) mass is 222 g/mol. The molecule has 0 bridgehead atoms. The number of Topliss-reactive ketones (excluding diaryl/α,β-unsaturated/α-hetero) is 1. The third-order valence-corrected chi connectivity index (χ3v) is 4.12. The van der Waals surface area contributed by atoms with Crippen LogP contribution in [0.3, 0.4) is 0 Å². The summed E-state index contributed by atoms with van der Waals surface area (Å²) in [5.41, 5.74) is 0. The Morgan fingerprint density at radius 2 is 1.80 bits per heavy atom. The molecule has 0 spiro atoms. The first-order valence-corrected chi connectivity index (χ1v) is 6.83. The van der Waals surface area contributed by atoms with Crippen LogP contribution in [-0.2, 0) is 0 Å². The Hall–Kier alpha value is -0.630. The third-order valence-electron chi connectivity index (χ3n) is 3.24. The molecule has 1 saturated carbocycles. The molecule has 0 aromatic carbocycles. The molecule has 15 heavy (non-hydrogen) atoms. The van der Waals surface area contributed by atoms with Gasteiger partial charge in [-0.05, 0) is 24.3 Å². The summed E-state index contributed by atoms with van der Waals surface area (Å²) in [6.45, 7) is 0. The lowest BCUT2D eigenvalue weighted by Crippen LogP contribution is -2.15. The van der Waals surface area contributed by atoms with Crippen molar-refractivity contribution in [1.82, 2.24) is 0 Å². The number of hydrogen-bond donors (Lipinski definition) is 0. The fraction of sp³-hybridized carbons (Fsp3) is 0.615. The highest BCUT2D eigenvalue weighted by atomic mass is 32.1. The molecule has 2 rings (SSSR count). The van der Waals surface area contributed by atoms with E-state index in [2.05, 4.69) is 0 Å². The van der Waals surface area contributed by atoms with E-state index in [4.69, 9.17) is 0 Å². The van der Waals surface area contributed by atoms with Crippen LogP contribution in [0.1, 0.15) is 54.6 Å². The normalized spacial score (nSPS) is 19.5. The zero-order valence-corrected chi connectivity index (χ0v) is 9.89. The summed E-state index contributed by atoms with van der Waals surface area (Å²) in [6.07, 6.45) is 8.68. The summed E-state index contributed by atoms with van der Waals surface area (Å²) in [5, 5.41) is 2.00. The van der Waals surface area contributed by atoms with E-state index in [1.165, 1.54) is 32.1 Å².